The van der Waals surface area contributed by atoms with Crippen LogP contribution in [0.1, 0.15) is 24.7 Å². The van der Waals surface area contributed by atoms with E-state index >= 15 is 0 Å². The maximum Gasteiger partial charge on any atom is 0.0777 e. The van der Waals surface area contributed by atoms with Crippen molar-refractivity contribution in [2.24, 2.45) is 7.05 Å². The van der Waals surface area contributed by atoms with Crippen LogP contribution >= 0.6 is 15.9 Å². The van der Waals surface area contributed by atoms with Gasteiger partial charge in [0.25, 0.3) is 0 Å². The molecule has 5 heteroatoms. The molecule has 0 amide bonds. The molecule has 0 aliphatic heterocycles. The van der Waals surface area contributed by atoms with Crippen molar-refractivity contribution in [2.45, 2.75) is 32.3 Å². The average Bonchev–Trinajstić information content (AvgIpc) is 2.52. The Morgan fingerprint density at radius 2 is 2.25 bits per heavy atom. The van der Waals surface area contributed by atoms with Crippen LogP contribution in [0.3, 0.4) is 0 Å². The lowest BCUT2D eigenvalue weighted by atomic mass is 10.1. The summed E-state index contributed by atoms with van der Waals surface area (Å²) in [5.41, 5.74) is 2.20. The van der Waals surface area contributed by atoms with Crippen molar-refractivity contribution in [1.82, 2.24) is 9.78 Å². The van der Waals surface area contributed by atoms with Gasteiger partial charge in [-0.1, -0.05) is 6.92 Å². The van der Waals surface area contributed by atoms with E-state index in [9.17, 15) is 5.11 Å². The highest BCUT2D eigenvalue weighted by Gasteiger charge is 2.13. The van der Waals surface area contributed by atoms with Crippen molar-refractivity contribution in [3.63, 3.8) is 0 Å². The minimum atomic E-state index is -0.406. The Morgan fingerprint density at radius 3 is 2.75 bits per heavy atom. The Kier molecular flexibility index (Phi) is 5.44. The van der Waals surface area contributed by atoms with E-state index in [1.54, 1.807) is 7.11 Å². The van der Waals surface area contributed by atoms with Gasteiger partial charge in [-0.25, -0.2) is 0 Å². The van der Waals surface area contributed by atoms with E-state index in [1.807, 2.05) is 11.7 Å². The highest BCUT2D eigenvalue weighted by Crippen LogP contribution is 2.23. The molecule has 0 aliphatic carbocycles. The molecule has 1 N–H and O–H groups in total. The van der Waals surface area contributed by atoms with Crippen LogP contribution in [0.4, 0.5) is 0 Å². The third-order valence-electron chi connectivity index (χ3n) is 2.58. The second-order valence-electron chi connectivity index (χ2n) is 3.83. The summed E-state index contributed by atoms with van der Waals surface area (Å²) in [7, 11) is 3.53. The number of rotatable bonds is 6. The van der Waals surface area contributed by atoms with Crippen LogP contribution in [0.15, 0.2) is 4.47 Å². The molecular weight excluding hydrogens is 272 g/mol. The Hall–Kier alpha value is -0.390. The number of aliphatic hydroxyl groups excluding tert-OH is 1. The summed E-state index contributed by atoms with van der Waals surface area (Å²) < 4.78 is 7.84. The van der Waals surface area contributed by atoms with Crippen LogP contribution in [0.25, 0.3) is 0 Å². The Labute approximate surface area is 105 Å². The van der Waals surface area contributed by atoms with Crippen molar-refractivity contribution in [3.05, 3.63) is 15.9 Å². The number of nitrogens with zero attached hydrogens (tertiary/aromatic N) is 2. The first kappa shape index (κ1) is 13.7. The van der Waals surface area contributed by atoms with Gasteiger partial charge in [-0.2, -0.15) is 5.10 Å². The van der Waals surface area contributed by atoms with Crippen molar-refractivity contribution >= 4 is 15.9 Å². The monoisotopic (exact) mass is 290 g/mol. The topological polar surface area (TPSA) is 47.3 Å². The minimum absolute atomic E-state index is 0.385. The van der Waals surface area contributed by atoms with Crippen LogP contribution in [0.2, 0.25) is 0 Å². The lowest BCUT2D eigenvalue weighted by molar-refractivity contribution is 0.0592. The molecule has 0 saturated heterocycles. The number of hydrogen-bond donors (Lipinski definition) is 1. The first-order chi connectivity index (χ1) is 7.60. The summed E-state index contributed by atoms with van der Waals surface area (Å²) in [4.78, 5) is 0. The molecule has 1 aromatic heterocycles. The van der Waals surface area contributed by atoms with Crippen molar-refractivity contribution in [2.75, 3.05) is 13.7 Å². The van der Waals surface area contributed by atoms with Gasteiger partial charge in [-0.15, -0.1) is 0 Å². The van der Waals surface area contributed by atoms with Crippen LogP contribution in [-0.2, 0) is 24.6 Å². The normalized spacial score (nSPS) is 13.1. The van der Waals surface area contributed by atoms with Gasteiger partial charge in [0, 0.05) is 14.2 Å². The van der Waals surface area contributed by atoms with Crippen LogP contribution < -0.4 is 0 Å². The number of aliphatic hydroxyl groups is 1. The highest BCUT2D eigenvalue weighted by atomic mass is 79.9. The lowest BCUT2D eigenvalue weighted by Gasteiger charge is -2.09. The SMILES string of the molecule is CCc1nn(C)c(CCC(O)COC)c1Br. The van der Waals surface area contributed by atoms with Gasteiger partial charge in [0.2, 0.25) is 0 Å². The average molecular weight is 291 g/mol. The standard InChI is InChI=1S/C11H19BrN2O2/c1-4-9-11(12)10(14(2)13-9)6-5-8(15)7-16-3/h8,15H,4-7H2,1-3H3. The molecule has 0 fully saturated rings. The number of ether oxygens (including phenoxy) is 1. The van der Waals surface area contributed by atoms with Gasteiger partial charge in [0.05, 0.1) is 28.6 Å². The lowest BCUT2D eigenvalue weighted by Crippen LogP contribution is -2.15. The fourth-order valence-electron chi connectivity index (χ4n) is 1.67. The number of hydrogen-bond acceptors (Lipinski definition) is 3. The fourth-order valence-corrected chi connectivity index (χ4v) is 2.48. The Balaban J connectivity index is 2.63. The van der Waals surface area contributed by atoms with Crippen molar-refractivity contribution < 1.29 is 9.84 Å². The summed E-state index contributed by atoms with van der Waals surface area (Å²) in [6.45, 7) is 2.47. The van der Waals surface area contributed by atoms with E-state index in [0.29, 0.717) is 13.0 Å². The molecule has 0 aromatic carbocycles. The van der Waals surface area contributed by atoms with E-state index < -0.39 is 6.10 Å². The molecular formula is C11H19BrN2O2. The zero-order valence-electron chi connectivity index (χ0n) is 10.0. The third-order valence-corrected chi connectivity index (χ3v) is 3.49. The van der Waals surface area contributed by atoms with Crippen LogP contribution in [0.5, 0.6) is 0 Å². The van der Waals surface area contributed by atoms with E-state index in [4.69, 9.17) is 4.74 Å². The zero-order valence-corrected chi connectivity index (χ0v) is 11.6. The highest BCUT2D eigenvalue weighted by molar-refractivity contribution is 9.10. The Bertz CT molecular complexity index is 339. The van der Waals surface area contributed by atoms with Gasteiger partial charge in [-0.3, -0.25) is 4.68 Å². The molecule has 0 radical (unpaired) electrons. The molecule has 1 heterocycles. The van der Waals surface area contributed by atoms with Gasteiger partial charge >= 0.3 is 0 Å². The molecule has 92 valence electrons. The van der Waals surface area contributed by atoms with Crippen molar-refractivity contribution in [3.8, 4) is 0 Å². The molecule has 1 atom stereocenters. The predicted molar refractivity (Wildman–Crippen MR) is 66.5 cm³/mol. The van der Waals surface area contributed by atoms with Crippen LogP contribution in [-0.4, -0.2) is 34.7 Å². The smallest absolute Gasteiger partial charge is 0.0777 e. The summed E-state index contributed by atoms with van der Waals surface area (Å²) in [5, 5.41) is 14.0. The van der Waals surface area contributed by atoms with E-state index in [1.165, 1.54) is 0 Å². The maximum absolute atomic E-state index is 9.59. The van der Waals surface area contributed by atoms with Crippen molar-refractivity contribution in [1.29, 1.82) is 0 Å². The quantitative estimate of drug-likeness (QED) is 0.867. The summed E-state index contributed by atoms with van der Waals surface area (Å²) >= 11 is 3.56. The van der Waals surface area contributed by atoms with E-state index in [-0.39, 0.29) is 0 Å². The number of halogens is 1. The Morgan fingerprint density at radius 1 is 1.56 bits per heavy atom. The van der Waals surface area contributed by atoms with Gasteiger partial charge in [-0.05, 0) is 35.2 Å². The third kappa shape index (κ3) is 3.30. The second kappa shape index (κ2) is 6.37. The molecule has 0 saturated carbocycles. The van der Waals surface area contributed by atoms with E-state index in [0.717, 1.165) is 28.7 Å². The molecule has 1 rings (SSSR count). The largest absolute Gasteiger partial charge is 0.391 e. The van der Waals surface area contributed by atoms with Crippen LogP contribution in [0, 0.1) is 0 Å². The number of methoxy groups -OCH3 is 1. The summed E-state index contributed by atoms with van der Waals surface area (Å²) in [6.07, 6.45) is 2.00. The summed E-state index contributed by atoms with van der Waals surface area (Å²) in [6, 6.07) is 0. The number of aryl methyl sites for hydroxylation is 2. The predicted octanol–water partition coefficient (Wildman–Crippen LogP) is 1.68. The number of aromatic nitrogens is 2. The molecule has 0 aliphatic rings. The molecule has 0 spiro atoms. The first-order valence-electron chi connectivity index (χ1n) is 5.47. The molecule has 0 bridgehead atoms. The molecule has 4 nitrogen and oxygen atoms in total. The summed E-state index contributed by atoms with van der Waals surface area (Å²) in [5.74, 6) is 0. The maximum atomic E-state index is 9.59. The molecule has 1 unspecified atom stereocenters. The molecule has 16 heavy (non-hydrogen) atoms. The molecule has 1 aromatic rings. The van der Waals surface area contributed by atoms with Gasteiger partial charge in [0.15, 0.2) is 0 Å². The van der Waals surface area contributed by atoms with Gasteiger partial charge in [0.1, 0.15) is 0 Å². The first-order valence-corrected chi connectivity index (χ1v) is 6.26. The minimum Gasteiger partial charge on any atom is -0.391 e. The van der Waals surface area contributed by atoms with E-state index in [2.05, 4.69) is 28.0 Å². The van der Waals surface area contributed by atoms with Gasteiger partial charge < -0.3 is 9.84 Å². The fraction of sp³-hybridized carbons (Fsp3) is 0.727. The second-order valence-corrected chi connectivity index (χ2v) is 4.63. The zero-order chi connectivity index (χ0) is 12.1.